The van der Waals surface area contributed by atoms with Crippen LogP contribution in [-0.2, 0) is 10.5 Å². The molecule has 5 heteroatoms. The smallest absolute Gasteiger partial charge is 0.225 e. The first-order valence-corrected chi connectivity index (χ1v) is 8.90. The Morgan fingerprint density at radius 3 is 2.54 bits per heavy atom. The van der Waals surface area contributed by atoms with Crippen LogP contribution in [0.1, 0.15) is 23.5 Å². The lowest BCUT2D eigenvalue weighted by Crippen LogP contribution is -2.30. The molecule has 1 aliphatic rings. The van der Waals surface area contributed by atoms with Crippen molar-refractivity contribution in [3.63, 3.8) is 0 Å². The maximum atomic E-state index is 12.1. The van der Waals surface area contributed by atoms with Crippen LogP contribution in [-0.4, -0.2) is 5.91 Å². The summed E-state index contributed by atoms with van der Waals surface area (Å²) in [5.74, 6) is 0.415. The number of halogens is 1. The Labute approximate surface area is 150 Å². The van der Waals surface area contributed by atoms with Crippen LogP contribution in [0, 0.1) is 11.3 Å². The highest BCUT2D eigenvalue weighted by atomic mass is 35.5. The Morgan fingerprint density at radius 1 is 1.17 bits per heavy atom. The van der Waals surface area contributed by atoms with Crippen LogP contribution in [0.5, 0.6) is 0 Å². The zero-order valence-electron chi connectivity index (χ0n) is 12.8. The number of benzene rings is 2. The summed E-state index contributed by atoms with van der Waals surface area (Å²) >= 11 is 7.42. The average Bonchev–Trinajstić information content (AvgIpc) is 2.61. The molecule has 0 saturated heterocycles. The monoisotopic (exact) mass is 354 g/mol. The predicted octanol–water partition coefficient (Wildman–Crippen LogP) is 4.61. The molecule has 120 valence electrons. The Kier molecular flexibility index (Phi) is 5.24. The zero-order chi connectivity index (χ0) is 16.9. The van der Waals surface area contributed by atoms with E-state index in [0.29, 0.717) is 21.4 Å². The Balaban J connectivity index is 1.88. The van der Waals surface area contributed by atoms with Gasteiger partial charge >= 0.3 is 0 Å². The largest absolute Gasteiger partial charge is 0.320 e. The van der Waals surface area contributed by atoms with Gasteiger partial charge in [-0.2, -0.15) is 5.26 Å². The third-order valence-electron chi connectivity index (χ3n) is 3.85. The van der Waals surface area contributed by atoms with Gasteiger partial charge in [0.25, 0.3) is 0 Å². The highest BCUT2D eigenvalue weighted by Crippen LogP contribution is 2.37. The number of hydrogen-bond donors (Lipinski definition) is 1. The second-order valence-corrected chi connectivity index (χ2v) is 6.91. The lowest BCUT2D eigenvalue weighted by Gasteiger charge is -2.25. The number of carbonyl (C=O) groups excluding carboxylic acids is 1. The molecule has 3 nitrogen and oxygen atoms in total. The molecule has 0 fully saturated rings. The maximum absolute atomic E-state index is 12.1. The third-order valence-corrected chi connectivity index (χ3v) is 5.19. The highest BCUT2D eigenvalue weighted by Gasteiger charge is 2.29. The second kappa shape index (κ2) is 7.57. The molecule has 0 spiro atoms. The molecule has 1 heterocycles. The number of rotatable bonds is 4. The number of amides is 1. The van der Waals surface area contributed by atoms with Gasteiger partial charge in [0.2, 0.25) is 5.91 Å². The zero-order valence-corrected chi connectivity index (χ0v) is 14.4. The van der Waals surface area contributed by atoms with Gasteiger partial charge in [-0.15, -0.1) is 11.8 Å². The standard InChI is InChI=1S/C19H15ClN2OS/c20-15-8-6-14(7-9-15)16-10-18(23)22-19(17(16)11-21)24-12-13-4-2-1-3-5-13/h1-9,16H,10,12H2,(H,22,23)/t16-/m1/s1. The molecular weight excluding hydrogens is 340 g/mol. The summed E-state index contributed by atoms with van der Waals surface area (Å²) in [4.78, 5) is 12.1. The fraction of sp³-hybridized carbons (Fsp3) is 0.158. The summed E-state index contributed by atoms with van der Waals surface area (Å²) in [6, 6.07) is 19.6. The molecule has 0 saturated carbocycles. The predicted molar refractivity (Wildman–Crippen MR) is 97.3 cm³/mol. The van der Waals surface area contributed by atoms with Gasteiger partial charge in [-0.25, -0.2) is 0 Å². The van der Waals surface area contributed by atoms with Crippen LogP contribution in [0.3, 0.4) is 0 Å². The summed E-state index contributed by atoms with van der Waals surface area (Å²) in [5, 5.41) is 13.8. The van der Waals surface area contributed by atoms with Gasteiger partial charge in [0, 0.05) is 23.1 Å². The Morgan fingerprint density at radius 2 is 1.88 bits per heavy atom. The normalized spacial score (nSPS) is 17.3. The molecule has 3 rings (SSSR count). The number of nitriles is 1. The van der Waals surface area contributed by atoms with E-state index >= 15 is 0 Å². The number of thioether (sulfide) groups is 1. The molecule has 2 aromatic rings. The molecule has 2 aromatic carbocycles. The van der Waals surface area contributed by atoms with Crippen molar-refractivity contribution in [2.45, 2.75) is 18.1 Å². The second-order valence-electron chi connectivity index (χ2n) is 5.49. The summed E-state index contributed by atoms with van der Waals surface area (Å²) < 4.78 is 0. The van der Waals surface area contributed by atoms with Crippen LogP contribution in [0.2, 0.25) is 5.02 Å². The van der Waals surface area contributed by atoms with Crippen LogP contribution in [0.4, 0.5) is 0 Å². The fourth-order valence-electron chi connectivity index (χ4n) is 2.64. The van der Waals surface area contributed by atoms with Crippen LogP contribution in [0.15, 0.2) is 65.2 Å². The van der Waals surface area contributed by atoms with Crippen molar-refractivity contribution in [3.8, 4) is 6.07 Å². The van der Waals surface area contributed by atoms with Crippen molar-refractivity contribution in [1.82, 2.24) is 5.32 Å². The SMILES string of the molecule is N#CC1=C(SCc2ccccc2)NC(=O)C[C@@H]1c1ccc(Cl)cc1. The molecule has 1 atom stereocenters. The van der Waals surface area contributed by atoms with E-state index in [1.807, 2.05) is 42.5 Å². The van der Waals surface area contributed by atoms with Crippen LogP contribution < -0.4 is 5.32 Å². The summed E-state index contributed by atoms with van der Waals surface area (Å²) in [6.45, 7) is 0. The first-order valence-electron chi connectivity index (χ1n) is 7.53. The lowest BCUT2D eigenvalue weighted by molar-refractivity contribution is -0.120. The minimum absolute atomic E-state index is 0.0653. The van der Waals surface area contributed by atoms with Crippen molar-refractivity contribution in [3.05, 3.63) is 81.3 Å². The number of nitrogens with one attached hydrogen (secondary N) is 1. The van der Waals surface area contributed by atoms with E-state index in [-0.39, 0.29) is 18.2 Å². The molecule has 1 aliphatic heterocycles. The van der Waals surface area contributed by atoms with Crippen molar-refractivity contribution >= 4 is 29.3 Å². The van der Waals surface area contributed by atoms with E-state index < -0.39 is 0 Å². The first kappa shape index (κ1) is 16.6. The van der Waals surface area contributed by atoms with Crippen molar-refractivity contribution in [1.29, 1.82) is 5.26 Å². The fourth-order valence-corrected chi connectivity index (χ4v) is 3.80. The molecule has 0 aromatic heterocycles. The summed E-state index contributed by atoms with van der Waals surface area (Å²) in [6.07, 6.45) is 0.278. The Bertz CT molecular complexity index is 810. The molecule has 0 aliphatic carbocycles. The first-order chi connectivity index (χ1) is 11.7. The van der Waals surface area contributed by atoms with Gasteiger partial charge in [0.05, 0.1) is 16.7 Å². The minimum Gasteiger partial charge on any atom is -0.320 e. The number of carbonyl (C=O) groups is 1. The van der Waals surface area contributed by atoms with E-state index in [2.05, 4.69) is 11.4 Å². The van der Waals surface area contributed by atoms with E-state index in [0.717, 1.165) is 11.1 Å². The quantitative estimate of drug-likeness (QED) is 0.872. The summed E-state index contributed by atoms with van der Waals surface area (Å²) in [5.41, 5.74) is 2.69. The van der Waals surface area contributed by atoms with Crippen molar-refractivity contribution in [2.24, 2.45) is 0 Å². The van der Waals surface area contributed by atoms with Gasteiger partial charge < -0.3 is 5.32 Å². The topological polar surface area (TPSA) is 52.9 Å². The molecular formula is C19H15ClN2OS. The molecule has 1 amide bonds. The van der Waals surface area contributed by atoms with Gasteiger partial charge in [-0.1, -0.05) is 54.1 Å². The van der Waals surface area contributed by atoms with Crippen molar-refractivity contribution in [2.75, 3.05) is 0 Å². The van der Waals surface area contributed by atoms with Crippen LogP contribution in [0.25, 0.3) is 0 Å². The number of hydrogen-bond acceptors (Lipinski definition) is 3. The minimum atomic E-state index is -0.223. The van der Waals surface area contributed by atoms with Gasteiger partial charge in [-0.05, 0) is 23.3 Å². The molecule has 1 N–H and O–H groups in total. The lowest BCUT2D eigenvalue weighted by atomic mass is 9.87. The number of nitrogens with zero attached hydrogens (tertiary/aromatic N) is 1. The third kappa shape index (κ3) is 3.81. The van der Waals surface area contributed by atoms with Crippen LogP contribution >= 0.6 is 23.4 Å². The van der Waals surface area contributed by atoms with E-state index in [1.165, 1.54) is 11.8 Å². The van der Waals surface area contributed by atoms with Gasteiger partial charge in [0.15, 0.2) is 0 Å². The van der Waals surface area contributed by atoms with Gasteiger partial charge in [-0.3, -0.25) is 4.79 Å². The highest BCUT2D eigenvalue weighted by molar-refractivity contribution is 8.02. The van der Waals surface area contributed by atoms with Crippen molar-refractivity contribution < 1.29 is 4.79 Å². The van der Waals surface area contributed by atoms with E-state index in [1.54, 1.807) is 12.1 Å². The molecule has 0 bridgehead atoms. The average molecular weight is 355 g/mol. The molecule has 24 heavy (non-hydrogen) atoms. The number of allylic oxidation sites excluding steroid dienone is 1. The van der Waals surface area contributed by atoms with Gasteiger partial charge in [0.1, 0.15) is 0 Å². The summed E-state index contributed by atoms with van der Waals surface area (Å²) in [7, 11) is 0. The Hall–Kier alpha value is -2.22. The molecule has 0 radical (unpaired) electrons. The maximum Gasteiger partial charge on any atom is 0.225 e. The van der Waals surface area contributed by atoms with E-state index in [4.69, 9.17) is 11.6 Å². The van der Waals surface area contributed by atoms with E-state index in [9.17, 15) is 10.1 Å². The molecule has 0 unspecified atom stereocenters.